The fraction of sp³-hybridized carbons (Fsp3) is 0.333. The van der Waals surface area contributed by atoms with Crippen molar-refractivity contribution in [2.45, 2.75) is 25.4 Å². The van der Waals surface area contributed by atoms with E-state index in [-0.39, 0.29) is 22.6 Å². The van der Waals surface area contributed by atoms with Gasteiger partial charge in [0.1, 0.15) is 11.6 Å². The third kappa shape index (κ3) is 2.65. The highest BCUT2D eigenvalue weighted by Crippen LogP contribution is 2.39. The molecule has 1 heterocycles. The Morgan fingerprint density at radius 1 is 1.30 bits per heavy atom. The number of benzene rings is 1. The molecule has 1 aliphatic carbocycles. The quantitative estimate of drug-likeness (QED) is 0.838. The number of nitrogens with two attached hydrogens (primary N) is 1. The predicted octanol–water partition coefficient (Wildman–Crippen LogP) is 3.99. The molecule has 0 aliphatic heterocycles. The molecule has 2 nitrogen and oxygen atoms in total. The van der Waals surface area contributed by atoms with E-state index in [4.69, 9.17) is 5.73 Å². The second-order valence-electron chi connectivity index (χ2n) is 5.30. The van der Waals surface area contributed by atoms with Gasteiger partial charge in [-0.3, -0.25) is 0 Å². The molecule has 0 amide bonds. The van der Waals surface area contributed by atoms with Gasteiger partial charge in [0.15, 0.2) is 0 Å². The first kappa shape index (κ1) is 13.8. The van der Waals surface area contributed by atoms with Crippen molar-refractivity contribution in [1.82, 2.24) is 4.57 Å². The van der Waals surface area contributed by atoms with Gasteiger partial charge in [0.25, 0.3) is 0 Å². The predicted molar refractivity (Wildman–Crippen MR) is 77.2 cm³/mol. The van der Waals surface area contributed by atoms with Crippen molar-refractivity contribution in [3.05, 3.63) is 57.8 Å². The van der Waals surface area contributed by atoms with Crippen LogP contribution in [0.1, 0.15) is 30.0 Å². The second kappa shape index (κ2) is 5.30. The van der Waals surface area contributed by atoms with Crippen LogP contribution in [-0.4, -0.2) is 4.57 Å². The van der Waals surface area contributed by atoms with Gasteiger partial charge in [0.05, 0.1) is 11.0 Å². The van der Waals surface area contributed by atoms with E-state index >= 15 is 0 Å². The van der Waals surface area contributed by atoms with E-state index < -0.39 is 11.6 Å². The highest BCUT2D eigenvalue weighted by Gasteiger charge is 2.29. The Labute approximate surface area is 124 Å². The van der Waals surface area contributed by atoms with Crippen LogP contribution in [0.15, 0.2) is 35.1 Å². The Bertz CT molecular complexity index is 635. The largest absolute Gasteiger partial charge is 0.349 e. The molecule has 0 bridgehead atoms. The average Bonchev–Trinajstić information content (AvgIpc) is 3.18. The molecular formula is C15H15BrF2N2. The number of hydrogen-bond donors (Lipinski definition) is 1. The minimum absolute atomic E-state index is 0.0356. The molecule has 5 heteroatoms. The third-order valence-electron chi connectivity index (χ3n) is 3.77. The highest BCUT2D eigenvalue weighted by atomic mass is 79.9. The van der Waals surface area contributed by atoms with Crippen molar-refractivity contribution in [3.8, 4) is 0 Å². The van der Waals surface area contributed by atoms with Crippen LogP contribution < -0.4 is 5.73 Å². The molecule has 1 atom stereocenters. The second-order valence-corrected chi connectivity index (χ2v) is 6.16. The summed E-state index contributed by atoms with van der Waals surface area (Å²) in [5.74, 6) is -0.524. The third-order valence-corrected chi connectivity index (χ3v) is 4.38. The minimum atomic E-state index is -0.549. The van der Waals surface area contributed by atoms with Gasteiger partial charge in [-0.15, -0.1) is 0 Å². The normalized spacial score (nSPS) is 16.4. The zero-order chi connectivity index (χ0) is 14.3. The summed E-state index contributed by atoms with van der Waals surface area (Å²) in [7, 11) is 0. The molecule has 2 aromatic rings. The fourth-order valence-corrected chi connectivity index (χ4v) is 2.75. The molecule has 1 aliphatic rings. The van der Waals surface area contributed by atoms with Crippen LogP contribution in [0.4, 0.5) is 8.78 Å². The van der Waals surface area contributed by atoms with Crippen LogP contribution in [-0.2, 0) is 6.54 Å². The molecule has 0 radical (unpaired) electrons. The molecule has 1 saturated carbocycles. The number of hydrogen-bond acceptors (Lipinski definition) is 1. The minimum Gasteiger partial charge on any atom is -0.349 e. The Morgan fingerprint density at radius 2 is 2.05 bits per heavy atom. The molecule has 106 valence electrons. The summed E-state index contributed by atoms with van der Waals surface area (Å²) in [4.78, 5) is 0. The van der Waals surface area contributed by atoms with E-state index in [0.717, 1.165) is 5.56 Å². The van der Waals surface area contributed by atoms with Crippen molar-refractivity contribution in [3.63, 3.8) is 0 Å². The number of rotatable bonds is 4. The van der Waals surface area contributed by atoms with E-state index in [9.17, 15) is 8.78 Å². The summed E-state index contributed by atoms with van der Waals surface area (Å²) in [5, 5.41) is 0. The van der Waals surface area contributed by atoms with Gasteiger partial charge in [0.2, 0.25) is 0 Å². The highest BCUT2D eigenvalue weighted by molar-refractivity contribution is 9.10. The maximum atomic E-state index is 13.9. The van der Waals surface area contributed by atoms with Crippen molar-refractivity contribution in [2.75, 3.05) is 0 Å². The maximum Gasteiger partial charge on any atom is 0.145 e. The van der Waals surface area contributed by atoms with E-state index in [1.807, 2.05) is 18.5 Å². The number of halogens is 3. The van der Waals surface area contributed by atoms with E-state index in [0.29, 0.717) is 5.92 Å². The number of aromatic nitrogens is 1. The summed E-state index contributed by atoms with van der Waals surface area (Å²) in [6, 6.07) is 4.60. The Morgan fingerprint density at radius 3 is 2.75 bits per heavy atom. The van der Waals surface area contributed by atoms with Crippen LogP contribution >= 0.6 is 15.9 Å². The fourth-order valence-electron chi connectivity index (χ4n) is 2.38. The molecule has 2 N–H and O–H groups in total. The lowest BCUT2D eigenvalue weighted by Gasteiger charge is -2.09. The van der Waals surface area contributed by atoms with Gasteiger partial charge >= 0.3 is 0 Å². The van der Waals surface area contributed by atoms with Crippen molar-refractivity contribution in [2.24, 2.45) is 11.7 Å². The Kier molecular flexibility index (Phi) is 3.65. The van der Waals surface area contributed by atoms with E-state index in [1.165, 1.54) is 25.0 Å². The lowest BCUT2D eigenvalue weighted by molar-refractivity contribution is 0.540. The summed E-state index contributed by atoms with van der Waals surface area (Å²) in [6.07, 6.45) is 6.03. The van der Waals surface area contributed by atoms with E-state index in [2.05, 4.69) is 15.9 Å². The van der Waals surface area contributed by atoms with Crippen LogP contribution in [0.5, 0.6) is 0 Å². The smallest absolute Gasteiger partial charge is 0.145 e. The zero-order valence-corrected chi connectivity index (χ0v) is 12.4. The van der Waals surface area contributed by atoms with Crippen LogP contribution in [0, 0.1) is 17.6 Å². The topological polar surface area (TPSA) is 30.9 Å². The summed E-state index contributed by atoms with van der Waals surface area (Å²) >= 11 is 3.08. The average molecular weight is 341 g/mol. The molecule has 0 saturated heterocycles. The van der Waals surface area contributed by atoms with Crippen LogP contribution in [0.2, 0.25) is 0 Å². The van der Waals surface area contributed by atoms with Crippen molar-refractivity contribution < 1.29 is 8.78 Å². The molecule has 0 spiro atoms. The zero-order valence-electron chi connectivity index (χ0n) is 10.8. The van der Waals surface area contributed by atoms with Gasteiger partial charge in [-0.2, -0.15) is 0 Å². The molecule has 1 fully saturated rings. The summed E-state index contributed by atoms with van der Waals surface area (Å²) in [6.45, 7) is 0.161. The number of nitrogens with zero attached hydrogens (tertiary/aromatic N) is 1. The first-order valence-electron chi connectivity index (χ1n) is 6.60. The van der Waals surface area contributed by atoms with Crippen LogP contribution in [0.25, 0.3) is 0 Å². The SMILES string of the molecule is NC(c1ccn(Cc2c(F)ccc(Br)c2F)c1)C1CC1. The molecule has 20 heavy (non-hydrogen) atoms. The van der Waals surface area contributed by atoms with E-state index in [1.54, 1.807) is 4.57 Å². The first-order chi connectivity index (χ1) is 9.56. The van der Waals surface area contributed by atoms with Gasteiger partial charge in [-0.05, 0) is 58.5 Å². The molecular weight excluding hydrogens is 326 g/mol. The molecule has 1 unspecified atom stereocenters. The van der Waals surface area contributed by atoms with Gasteiger partial charge in [-0.1, -0.05) is 0 Å². The van der Waals surface area contributed by atoms with Crippen LogP contribution in [0.3, 0.4) is 0 Å². The maximum absolute atomic E-state index is 13.9. The Hall–Kier alpha value is -1.20. The summed E-state index contributed by atoms with van der Waals surface area (Å²) in [5.41, 5.74) is 7.21. The molecule has 1 aromatic carbocycles. The Balaban J connectivity index is 1.83. The van der Waals surface area contributed by atoms with Gasteiger partial charge in [-0.25, -0.2) is 8.78 Å². The van der Waals surface area contributed by atoms with Crippen molar-refractivity contribution in [1.29, 1.82) is 0 Å². The summed E-state index contributed by atoms with van der Waals surface area (Å²) < 4.78 is 29.7. The standard InChI is InChI=1S/C15H15BrF2N2/c16-12-3-4-13(17)11(14(12)18)8-20-6-5-10(7-20)15(19)9-1-2-9/h3-7,9,15H,1-2,8,19H2. The lowest BCUT2D eigenvalue weighted by atomic mass is 10.1. The molecule has 3 rings (SSSR count). The monoisotopic (exact) mass is 340 g/mol. The molecule has 1 aromatic heterocycles. The van der Waals surface area contributed by atoms with Gasteiger partial charge in [0, 0.05) is 24.0 Å². The first-order valence-corrected chi connectivity index (χ1v) is 7.39. The van der Waals surface area contributed by atoms with Gasteiger partial charge < -0.3 is 10.3 Å². The lowest BCUT2D eigenvalue weighted by Crippen LogP contribution is -2.11. The van der Waals surface area contributed by atoms with Crippen molar-refractivity contribution >= 4 is 15.9 Å².